The molecule has 7 nitrogen and oxygen atoms in total. The van der Waals surface area contributed by atoms with E-state index < -0.39 is 15.9 Å². The molecule has 0 aromatic heterocycles. The van der Waals surface area contributed by atoms with Gasteiger partial charge in [-0.3, -0.25) is 4.79 Å². The van der Waals surface area contributed by atoms with E-state index in [1.165, 1.54) is 12.1 Å². The Morgan fingerprint density at radius 1 is 1.37 bits per heavy atom. The zero-order valence-electron chi connectivity index (χ0n) is 9.91. The molecule has 0 spiro atoms. The Bertz CT molecular complexity index is 590. The van der Waals surface area contributed by atoms with Crippen LogP contribution in [0.1, 0.15) is 0 Å². The van der Waals surface area contributed by atoms with Gasteiger partial charge in [0, 0.05) is 0 Å². The average molecular weight is 280 g/mol. The van der Waals surface area contributed by atoms with E-state index in [1.54, 1.807) is 24.3 Å². The molecule has 0 unspecified atom stereocenters. The van der Waals surface area contributed by atoms with Crippen LogP contribution in [-0.2, 0) is 14.8 Å². The molecule has 1 rings (SSSR count). The van der Waals surface area contributed by atoms with Crippen molar-refractivity contribution >= 4 is 22.3 Å². The molecule has 0 aliphatic rings. The Balaban J connectivity index is 2.49. The Kier molecular flexibility index (Phi) is 5.50. The number of rotatable bonds is 6. The molecule has 19 heavy (non-hydrogen) atoms. The van der Waals surface area contributed by atoms with Crippen molar-refractivity contribution in [2.75, 3.05) is 13.1 Å². The number of hydrogen-bond acceptors (Lipinski definition) is 4. The van der Waals surface area contributed by atoms with E-state index in [0.717, 1.165) is 6.34 Å². The lowest BCUT2D eigenvalue weighted by atomic mass is 10.4. The lowest BCUT2D eigenvalue weighted by Gasteiger charge is -2.00. The van der Waals surface area contributed by atoms with Crippen molar-refractivity contribution in [3.05, 3.63) is 30.3 Å². The predicted molar refractivity (Wildman–Crippen MR) is 68.7 cm³/mol. The third kappa shape index (κ3) is 5.18. The zero-order chi connectivity index (χ0) is 14.1. The van der Waals surface area contributed by atoms with E-state index in [1.807, 2.05) is 0 Å². The summed E-state index contributed by atoms with van der Waals surface area (Å²) in [5, 5.41) is 12.9. The van der Waals surface area contributed by atoms with E-state index in [4.69, 9.17) is 5.26 Å². The Labute approximate surface area is 111 Å². The van der Waals surface area contributed by atoms with Gasteiger partial charge in [0.2, 0.25) is 5.91 Å². The van der Waals surface area contributed by atoms with E-state index in [9.17, 15) is 13.2 Å². The molecule has 0 aliphatic heterocycles. The first-order valence-corrected chi connectivity index (χ1v) is 6.71. The van der Waals surface area contributed by atoms with Crippen molar-refractivity contribution in [2.24, 2.45) is 4.40 Å². The van der Waals surface area contributed by atoms with Crippen LogP contribution in [0.25, 0.3) is 0 Å². The van der Waals surface area contributed by atoms with Gasteiger partial charge in [0.1, 0.15) is 12.9 Å². The summed E-state index contributed by atoms with van der Waals surface area (Å²) < 4.78 is 26.7. The summed E-state index contributed by atoms with van der Waals surface area (Å²) in [6.07, 6.45) is 0.939. The van der Waals surface area contributed by atoms with Crippen molar-refractivity contribution in [2.45, 2.75) is 4.90 Å². The molecule has 0 heterocycles. The number of hydrogen-bond donors (Lipinski definition) is 2. The van der Waals surface area contributed by atoms with Gasteiger partial charge in [0.25, 0.3) is 10.0 Å². The predicted octanol–water partition coefficient (Wildman–Crippen LogP) is -0.367. The first-order valence-electron chi connectivity index (χ1n) is 5.27. The van der Waals surface area contributed by atoms with Gasteiger partial charge < -0.3 is 10.6 Å². The Morgan fingerprint density at radius 3 is 2.68 bits per heavy atom. The highest BCUT2D eigenvalue weighted by molar-refractivity contribution is 7.90. The molecule has 1 aromatic rings. The van der Waals surface area contributed by atoms with Crippen LogP contribution in [-0.4, -0.2) is 33.8 Å². The van der Waals surface area contributed by atoms with Crippen LogP contribution < -0.4 is 10.6 Å². The molecule has 0 aliphatic carbocycles. The minimum atomic E-state index is -3.75. The molecule has 0 fully saturated rings. The average Bonchev–Trinajstić information content (AvgIpc) is 2.42. The minimum Gasteiger partial charge on any atom is -0.366 e. The maximum absolute atomic E-state index is 11.7. The summed E-state index contributed by atoms with van der Waals surface area (Å²) in [5.41, 5.74) is 0. The van der Waals surface area contributed by atoms with E-state index in [2.05, 4.69) is 15.0 Å². The fraction of sp³-hybridized carbons (Fsp3) is 0.182. The van der Waals surface area contributed by atoms with Crippen LogP contribution in [0.15, 0.2) is 39.6 Å². The molecule has 0 saturated carbocycles. The van der Waals surface area contributed by atoms with Crippen LogP contribution in [0.2, 0.25) is 0 Å². The largest absolute Gasteiger partial charge is 0.366 e. The second-order valence-corrected chi connectivity index (χ2v) is 4.97. The van der Waals surface area contributed by atoms with Crippen molar-refractivity contribution in [3.8, 4) is 6.07 Å². The van der Waals surface area contributed by atoms with Crippen molar-refractivity contribution in [1.82, 2.24) is 10.6 Å². The van der Waals surface area contributed by atoms with Gasteiger partial charge in [-0.05, 0) is 12.1 Å². The van der Waals surface area contributed by atoms with Gasteiger partial charge in [0.05, 0.1) is 17.5 Å². The van der Waals surface area contributed by atoms with Crippen LogP contribution >= 0.6 is 0 Å². The molecule has 1 aromatic carbocycles. The fourth-order valence-corrected chi connectivity index (χ4v) is 1.94. The number of amides is 1. The molecule has 8 heteroatoms. The van der Waals surface area contributed by atoms with Crippen LogP contribution in [0.4, 0.5) is 0 Å². The molecule has 0 radical (unpaired) electrons. The highest BCUT2D eigenvalue weighted by atomic mass is 32.2. The number of nitriles is 1. The number of sulfonamides is 1. The molecular weight excluding hydrogens is 268 g/mol. The number of benzene rings is 1. The van der Waals surface area contributed by atoms with Crippen LogP contribution in [0.5, 0.6) is 0 Å². The summed E-state index contributed by atoms with van der Waals surface area (Å²) in [4.78, 5) is 11.1. The summed E-state index contributed by atoms with van der Waals surface area (Å²) in [7, 11) is -3.75. The second-order valence-electron chi connectivity index (χ2n) is 3.34. The summed E-state index contributed by atoms with van der Waals surface area (Å²) in [5.74, 6) is -0.426. The minimum absolute atomic E-state index is 0.0713. The van der Waals surface area contributed by atoms with E-state index in [-0.39, 0.29) is 18.0 Å². The van der Waals surface area contributed by atoms with E-state index in [0.29, 0.717) is 0 Å². The number of carbonyl (C=O) groups excluding carboxylic acids is 1. The highest BCUT2D eigenvalue weighted by Gasteiger charge is 2.09. The first-order chi connectivity index (χ1) is 9.06. The lowest BCUT2D eigenvalue weighted by Crippen LogP contribution is -2.33. The molecule has 2 N–H and O–H groups in total. The number of carbonyl (C=O) groups is 1. The van der Waals surface area contributed by atoms with Crippen molar-refractivity contribution < 1.29 is 13.2 Å². The van der Waals surface area contributed by atoms with E-state index >= 15 is 0 Å². The topological polar surface area (TPSA) is 111 Å². The van der Waals surface area contributed by atoms with Crippen molar-refractivity contribution in [3.63, 3.8) is 0 Å². The first kappa shape index (κ1) is 14.7. The summed E-state index contributed by atoms with van der Waals surface area (Å²) in [6, 6.07) is 9.46. The number of nitrogens with zero attached hydrogens (tertiary/aromatic N) is 2. The highest BCUT2D eigenvalue weighted by Crippen LogP contribution is 2.09. The lowest BCUT2D eigenvalue weighted by molar-refractivity contribution is -0.119. The van der Waals surface area contributed by atoms with Crippen LogP contribution in [0.3, 0.4) is 0 Å². The summed E-state index contributed by atoms with van der Waals surface area (Å²) >= 11 is 0. The smallest absolute Gasteiger partial charge is 0.283 e. The van der Waals surface area contributed by atoms with Gasteiger partial charge in [-0.15, -0.1) is 4.40 Å². The SMILES string of the molecule is N#CCNC(=O)CN/C=N/S(=O)(=O)c1ccccc1. The van der Waals surface area contributed by atoms with Gasteiger partial charge in [0.15, 0.2) is 0 Å². The second kappa shape index (κ2) is 7.13. The maximum atomic E-state index is 11.7. The quantitative estimate of drug-likeness (QED) is 0.419. The van der Waals surface area contributed by atoms with Gasteiger partial charge in [-0.2, -0.15) is 13.7 Å². The number of nitrogens with one attached hydrogen (secondary N) is 2. The Hall–Kier alpha value is -2.40. The maximum Gasteiger partial charge on any atom is 0.283 e. The molecular formula is C11H12N4O3S. The zero-order valence-corrected chi connectivity index (χ0v) is 10.7. The van der Waals surface area contributed by atoms with Gasteiger partial charge >= 0.3 is 0 Å². The monoisotopic (exact) mass is 280 g/mol. The molecule has 0 bridgehead atoms. The molecule has 100 valence electrons. The van der Waals surface area contributed by atoms with Crippen molar-refractivity contribution in [1.29, 1.82) is 5.26 Å². The summed E-state index contributed by atoms with van der Waals surface area (Å²) in [6.45, 7) is -0.255. The third-order valence-corrected chi connectivity index (χ3v) is 3.20. The third-order valence-electron chi connectivity index (χ3n) is 1.95. The van der Waals surface area contributed by atoms with Gasteiger partial charge in [-0.1, -0.05) is 18.2 Å². The molecule has 0 atom stereocenters. The Morgan fingerprint density at radius 2 is 2.05 bits per heavy atom. The standard InChI is InChI=1S/C11H12N4O3S/c12-6-7-14-11(16)8-13-9-15-19(17,18)10-4-2-1-3-5-10/h1-5,9H,7-8H2,(H,13,15)(H,14,16). The fourth-order valence-electron chi connectivity index (χ4n) is 1.10. The normalized spacial score (nSPS) is 10.9. The van der Waals surface area contributed by atoms with Gasteiger partial charge in [-0.25, -0.2) is 0 Å². The van der Waals surface area contributed by atoms with Crippen LogP contribution in [0, 0.1) is 11.3 Å². The molecule has 1 amide bonds. The molecule has 0 saturated heterocycles.